The van der Waals surface area contributed by atoms with Crippen molar-refractivity contribution in [3.63, 3.8) is 0 Å². The van der Waals surface area contributed by atoms with E-state index < -0.39 is 16.8 Å². The van der Waals surface area contributed by atoms with Gasteiger partial charge >= 0.3 is 0 Å². The molecule has 0 heterocycles. The zero-order valence-corrected chi connectivity index (χ0v) is 12.6. The monoisotopic (exact) mass is 244 g/mol. The SMILES string of the molecule is C=C(CC)OC(C)(C)C(C)(OC)C(C)(C)OC. The Morgan fingerprint density at radius 2 is 1.41 bits per heavy atom. The van der Waals surface area contributed by atoms with Gasteiger partial charge in [-0.1, -0.05) is 13.5 Å². The highest BCUT2D eigenvalue weighted by molar-refractivity contribution is 5.06. The smallest absolute Gasteiger partial charge is 0.134 e. The maximum atomic E-state index is 5.93. The second-order valence-electron chi connectivity index (χ2n) is 5.46. The van der Waals surface area contributed by atoms with Gasteiger partial charge in [-0.05, 0) is 34.6 Å². The number of hydrogen-bond donors (Lipinski definition) is 0. The van der Waals surface area contributed by atoms with E-state index in [1.54, 1.807) is 14.2 Å². The van der Waals surface area contributed by atoms with Crippen LogP contribution in [0.3, 0.4) is 0 Å². The summed E-state index contributed by atoms with van der Waals surface area (Å²) in [6.07, 6.45) is 0.788. The average Bonchev–Trinajstić information content (AvgIpc) is 2.26. The van der Waals surface area contributed by atoms with Crippen LogP contribution in [0, 0.1) is 0 Å². The molecule has 1 unspecified atom stereocenters. The summed E-state index contributed by atoms with van der Waals surface area (Å²) >= 11 is 0. The number of methoxy groups -OCH3 is 2. The summed E-state index contributed by atoms with van der Waals surface area (Å²) in [4.78, 5) is 0. The lowest BCUT2D eigenvalue weighted by atomic mass is 9.75. The summed E-state index contributed by atoms with van der Waals surface area (Å²) in [6, 6.07) is 0. The second kappa shape index (κ2) is 5.40. The quantitative estimate of drug-likeness (QED) is 0.641. The maximum absolute atomic E-state index is 5.93. The molecule has 3 nitrogen and oxygen atoms in total. The van der Waals surface area contributed by atoms with Crippen LogP contribution in [0.2, 0.25) is 0 Å². The van der Waals surface area contributed by atoms with Crippen molar-refractivity contribution in [1.29, 1.82) is 0 Å². The first-order valence-corrected chi connectivity index (χ1v) is 6.05. The molecule has 0 radical (unpaired) electrons. The Balaban J connectivity index is 5.28. The molecule has 0 saturated carbocycles. The molecule has 0 aromatic heterocycles. The molecule has 0 amide bonds. The highest BCUT2D eigenvalue weighted by Crippen LogP contribution is 2.41. The zero-order valence-electron chi connectivity index (χ0n) is 12.6. The van der Waals surface area contributed by atoms with E-state index in [4.69, 9.17) is 14.2 Å². The van der Waals surface area contributed by atoms with E-state index in [-0.39, 0.29) is 0 Å². The van der Waals surface area contributed by atoms with Crippen LogP contribution in [-0.2, 0) is 14.2 Å². The predicted octanol–water partition coefficient (Wildman–Crippen LogP) is 3.54. The molecular formula is C14H28O3. The molecule has 3 heteroatoms. The molecule has 102 valence electrons. The molecular weight excluding hydrogens is 216 g/mol. The molecule has 0 bridgehead atoms. The van der Waals surface area contributed by atoms with Gasteiger partial charge in [0.2, 0.25) is 0 Å². The van der Waals surface area contributed by atoms with Crippen molar-refractivity contribution in [2.45, 2.75) is 64.8 Å². The van der Waals surface area contributed by atoms with Gasteiger partial charge in [-0.2, -0.15) is 0 Å². The fourth-order valence-electron chi connectivity index (χ4n) is 1.94. The molecule has 1 atom stereocenters. The van der Waals surface area contributed by atoms with Crippen molar-refractivity contribution < 1.29 is 14.2 Å². The molecule has 0 rings (SSSR count). The second-order valence-corrected chi connectivity index (χ2v) is 5.46. The van der Waals surface area contributed by atoms with Crippen LogP contribution < -0.4 is 0 Å². The molecule has 0 aromatic rings. The van der Waals surface area contributed by atoms with Crippen LogP contribution >= 0.6 is 0 Å². The molecule has 0 aliphatic carbocycles. The lowest BCUT2D eigenvalue weighted by Gasteiger charge is -2.51. The number of allylic oxidation sites excluding steroid dienone is 1. The number of rotatable bonds is 7. The Bertz CT molecular complexity index is 269. The molecule has 0 aliphatic heterocycles. The van der Waals surface area contributed by atoms with E-state index in [2.05, 4.69) is 6.58 Å². The Kier molecular flexibility index (Phi) is 5.23. The molecule has 0 aliphatic rings. The van der Waals surface area contributed by atoms with Crippen molar-refractivity contribution in [3.05, 3.63) is 12.3 Å². The van der Waals surface area contributed by atoms with E-state index in [9.17, 15) is 0 Å². The third-order valence-corrected chi connectivity index (χ3v) is 4.01. The summed E-state index contributed by atoms with van der Waals surface area (Å²) in [5, 5.41) is 0. The maximum Gasteiger partial charge on any atom is 0.134 e. The fraction of sp³-hybridized carbons (Fsp3) is 0.857. The van der Waals surface area contributed by atoms with Gasteiger partial charge in [0.15, 0.2) is 0 Å². The minimum Gasteiger partial charge on any atom is -0.490 e. The van der Waals surface area contributed by atoms with Gasteiger partial charge in [-0.25, -0.2) is 0 Å². The lowest BCUT2D eigenvalue weighted by Crippen LogP contribution is -2.63. The molecule has 17 heavy (non-hydrogen) atoms. The van der Waals surface area contributed by atoms with E-state index in [0.717, 1.165) is 12.2 Å². The third-order valence-electron chi connectivity index (χ3n) is 4.01. The first kappa shape index (κ1) is 16.5. The summed E-state index contributed by atoms with van der Waals surface area (Å²) < 4.78 is 17.2. The Labute approximate surface area is 106 Å². The number of hydrogen-bond acceptors (Lipinski definition) is 3. The first-order chi connectivity index (χ1) is 7.58. The molecule has 0 fully saturated rings. The normalized spacial score (nSPS) is 16.5. The predicted molar refractivity (Wildman–Crippen MR) is 71.1 cm³/mol. The van der Waals surface area contributed by atoms with Crippen LogP contribution in [0.1, 0.15) is 48.0 Å². The summed E-state index contributed by atoms with van der Waals surface area (Å²) in [7, 11) is 3.36. The Morgan fingerprint density at radius 3 is 1.71 bits per heavy atom. The third kappa shape index (κ3) is 3.02. The van der Waals surface area contributed by atoms with E-state index in [1.165, 1.54) is 0 Å². The lowest BCUT2D eigenvalue weighted by molar-refractivity contribution is -0.241. The van der Waals surface area contributed by atoms with Gasteiger partial charge in [0.05, 0.1) is 11.4 Å². The molecule has 0 aromatic carbocycles. The Hall–Kier alpha value is -0.540. The van der Waals surface area contributed by atoms with Crippen molar-refractivity contribution in [2.24, 2.45) is 0 Å². The summed E-state index contributed by atoms with van der Waals surface area (Å²) in [6.45, 7) is 15.9. The minimum absolute atomic E-state index is 0.473. The summed E-state index contributed by atoms with van der Waals surface area (Å²) in [5.41, 5.74) is -1.60. The van der Waals surface area contributed by atoms with E-state index in [1.807, 2.05) is 41.5 Å². The standard InChI is InChI=1S/C14H28O3/c1-10-11(2)17-13(5,6)14(7,16-9)12(3,4)15-8/h2,10H2,1,3-9H3. The van der Waals surface area contributed by atoms with Crippen LogP contribution in [0.15, 0.2) is 12.3 Å². The van der Waals surface area contributed by atoms with Gasteiger partial charge in [0, 0.05) is 20.6 Å². The highest BCUT2D eigenvalue weighted by Gasteiger charge is 2.54. The summed E-state index contributed by atoms with van der Waals surface area (Å²) in [5.74, 6) is 0.755. The van der Waals surface area contributed by atoms with Crippen molar-refractivity contribution in [2.75, 3.05) is 14.2 Å². The molecule has 0 spiro atoms. The van der Waals surface area contributed by atoms with Gasteiger partial charge in [-0.3, -0.25) is 0 Å². The van der Waals surface area contributed by atoms with Crippen molar-refractivity contribution in [3.8, 4) is 0 Å². The van der Waals surface area contributed by atoms with Crippen LogP contribution in [0.4, 0.5) is 0 Å². The van der Waals surface area contributed by atoms with Crippen molar-refractivity contribution >= 4 is 0 Å². The van der Waals surface area contributed by atoms with Crippen LogP contribution in [0.5, 0.6) is 0 Å². The Morgan fingerprint density at radius 1 is 0.941 bits per heavy atom. The average molecular weight is 244 g/mol. The van der Waals surface area contributed by atoms with Gasteiger partial charge in [0.1, 0.15) is 11.2 Å². The first-order valence-electron chi connectivity index (χ1n) is 6.05. The number of ether oxygens (including phenoxy) is 3. The van der Waals surface area contributed by atoms with Gasteiger partial charge < -0.3 is 14.2 Å². The molecule has 0 saturated heterocycles. The zero-order chi connectivity index (χ0) is 13.9. The highest BCUT2D eigenvalue weighted by atomic mass is 16.6. The van der Waals surface area contributed by atoms with Crippen molar-refractivity contribution in [1.82, 2.24) is 0 Å². The van der Waals surface area contributed by atoms with Crippen LogP contribution in [0.25, 0.3) is 0 Å². The van der Waals surface area contributed by atoms with E-state index >= 15 is 0 Å². The molecule has 0 N–H and O–H groups in total. The van der Waals surface area contributed by atoms with E-state index in [0.29, 0.717) is 0 Å². The van der Waals surface area contributed by atoms with Gasteiger partial charge in [-0.15, -0.1) is 0 Å². The van der Waals surface area contributed by atoms with Crippen LogP contribution in [-0.4, -0.2) is 31.0 Å². The topological polar surface area (TPSA) is 27.7 Å². The largest absolute Gasteiger partial charge is 0.490 e. The van der Waals surface area contributed by atoms with Gasteiger partial charge in [0.25, 0.3) is 0 Å². The fourth-order valence-corrected chi connectivity index (χ4v) is 1.94. The minimum atomic E-state index is -0.590.